The number of nitrogen functional groups attached to an aromatic ring is 1. The molecule has 1 aliphatic carbocycles. The number of hydrogen-bond donors (Lipinski definition) is 1. The van der Waals surface area contributed by atoms with Crippen LogP contribution in [0.25, 0.3) is 0 Å². The number of nitrogens with two attached hydrogens (primary N) is 1. The van der Waals surface area contributed by atoms with Crippen molar-refractivity contribution in [2.75, 3.05) is 19.4 Å². The van der Waals surface area contributed by atoms with Crippen molar-refractivity contribution in [3.05, 3.63) is 88.9 Å². The van der Waals surface area contributed by atoms with Gasteiger partial charge in [-0.15, -0.1) is 0 Å². The summed E-state index contributed by atoms with van der Waals surface area (Å²) >= 11 is 6.05. The monoisotopic (exact) mass is 535 g/mol. The van der Waals surface area contributed by atoms with Crippen molar-refractivity contribution in [2.24, 2.45) is 10.1 Å². The molecule has 0 spiro atoms. The SMILES string of the molecule is CC.CC.CC/C=C(Cl)\C=C/CC(/C=C/Cn1cnc(=NCC2=CC=CCC(F)=C2F)c(N)c1)=N/OC. The third-order valence-electron chi connectivity index (χ3n) is 4.38. The molecule has 1 heterocycles. The van der Waals surface area contributed by atoms with Crippen LogP contribution in [0.3, 0.4) is 0 Å². The predicted octanol–water partition coefficient (Wildman–Crippen LogP) is 7.49. The molecule has 0 unspecified atom stereocenters. The molecule has 0 saturated heterocycles. The summed E-state index contributed by atoms with van der Waals surface area (Å²) < 4.78 is 29.4. The van der Waals surface area contributed by atoms with Crippen molar-refractivity contribution in [3.8, 4) is 0 Å². The average Bonchev–Trinajstić information content (AvgIpc) is 3.06. The van der Waals surface area contributed by atoms with E-state index in [-0.39, 0.29) is 24.0 Å². The smallest absolute Gasteiger partial charge is 0.174 e. The fraction of sp³-hybridized carbons (Fsp3) is 0.393. The highest BCUT2D eigenvalue weighted by atomic mass is 35.5. The van der Waals surface area contributed by atoms with Gasteiger partial charge in [0, 0.05) is 36.2 Å². The normalized spacial score (nSPS) is 14.7. The molecule has 0 bridgehead atoms. The number of rotatable bonds is 10. The Labute approximate surface area is 225 Å². The number of oxime groups is 1. The molecule has 0 saturated carbocycles. The molecule has 0 radical (unpaired) electrons. The number of anilines is 1. The zero-order valence-corrected chi connectivity index (χ0v) is 23.5. The van der Waals surface area contributed by atoms with Gasteiger partial charge in [-0.3, -0.25) is 4.99 Å². The van der Waals surface area contributed by atoms with Crippen LogP contribution in [0.1, 0.15) is 53.9 Å². The molecule has 0 amide bonds. The highest BCUT2D eigenvalue weighted by Gasteiger charge is 2.12. The van der Waals surface area contributed by atoms with Gasteiger partial charge in [-0.05, 0) is 18.6 Å². The molecule has 2 N–H and O–H groups in total. The molecule has 0 atom stereocenters. The summed E-state index contributed by atoms with van der Waals surface area (Å²) in [4.78, 5) is 13.3. The van der Waals surface area contributed by atoms with Crippen molar-refractivity contribution in [1.82, 2.24) is 9.55 Å². The highest BCUT2D eigenvalue weighted by Crippen LogP contribution is 2.23. The van der Waals surface area contributed by atoms with E-state index in [2.05, 4.69) is 15.1 Å². The summed E-state index contributed by atoms with van der Waals surface area (Å²) in [6, 6.07) is 0. The van der Waals surface area contributed by atoms with Gasteiger partial charge in [0.25, 0.3) is 0 Å². The third-order valence-corrected chi connectivity index (χ3v) is 4.66. The van der Waals surface area contributed by atoms with Gasteiger partial charge in [0.2, 0.25) is 0 Å². The Kier molecular flexibility index (Phi) is 19.0. The van der Waals surface area contributed by atoms with Crippen molar-refractivity contribution in [2.45, 2.75) is 60.4 Å². The van der Waals surface area contributed by atoms with Crippen LogP contribution in [0, 0.1) is 0 Å². The number of aromatic nitrogens is 2. The van der Waals surface area contributed by atoms with E-state index in [9.17, 15) is 8.78 Å². The fourth-order valence-electron chi connectivity index (χ4n) is 2.80. The van der Waals surface area contributed by atoms with Gasteiger partial charge in [0.15, 0.2) is 11.3 Å². The second kappa shape index (κ2) is 20.9. The fourth-order valence-corrected chi connectivity index (χ4v) is 3.04. The topological polar surface area (TPSA) is 77.8 Å². The van der Waals surface area contributed by atoms with E-state index in [1.165, 1.54) is 13.2 Å². The standard InChI is InChI=1S/C24H28ClF2N5O.2C2H6/c1-3-8-19(25)10-6-11-20(31-33-2)12-7-14-32-16-22(28)24(30-17-32)29-15-18-9-4-5-13-21(26)23(18)27;2*1-2/h4-10,12,16-17H,3,11,13-15,28H2,1-2H3;2*1-2H3/b10-6-,12-7+,19-8+,29-24?,31-20-;;. The van der Waals surface area contributed by atoms with Gasteiger partial charge in [-0.1, -0.05) is 87.8 Å². The Morgan fingerprint density at radius 3 is 2.59 bits per heavy atom. The zero-order valence-electron chi connectivity index (χ0n) is 22.7. The van der Waals surface area contributed by atoms with Gasteiger partial charge in [-0.2, -0.15) is 0 Å². The number of halogens is 3. The van der Waals surface area contributed by atoms with Crippen LogP contribution in [-0.2, 0) is 11.4 Å². The van der Waals surface area contributed by atoms with E-state index in [1.807, 2.05) is 65.0 Å². The van der Waals surface area contributed by atoms with E-state index in [4.69, 9.17) is 22.2 Å². The Morgan fingerprint density at radius 1 is 1.22 bits per heavy atom. The molecular weight excluding hydrogens is 496 g/mol. The predicted molar refractivity (Wildman–Crippen MR) is 152 cm³/mol. The minimum atomic E-state index is -0.884. The van der Waals surface area contributed by atoms with Crippen molar-refractivity contribution < 1.29 is 13.6 Å². The minimum absolute atomic E-state index is 0.0630. The quantitative estimate of drug-likeness (QED) is 0.191. The summed E-state index contributed by atoms with van der Waals surface area (Å²) in [5, 5.41) is 4.67. The van der Waals surface area contributed by atoms with Gasteiger partial charge >= 0.3 is 0 Å². The highest BCUT2D eigenvalue weighted by molar-refractivity contribution is 6.31. The molecule has 6 nitrogen and oxygen atoms in total. The Morgan fingerprint density at radius 2 is 1.95 bits per heavy atom. The second-order valence-electron chi connectivity index (χ2n) is 6.98. The molecule has 0 aliphatic heterocycles. The number of nitrogens with zero attached hydrogens (tertiary/aromatic N) is 4. The minimum Gasteiger partial charge on any atom is -0.399 e. The van der Waals surface area contributed by atoms with Crippen LogP contribution in [0.2, 0.25) is 0 Å². The van der Waals surface area contributed by atoms with E-state index in [0.717, 1.165) is 12.1 Å². The summed E-state index contributed by atoms with van der Waals surface area (Å²) in [5.74, 6) is -1.69. The van der Waals surface area contributed by atoms with Crippen LogP contribution in [0.4, 0.5) is 14.5 Å². The summed E-state index contributed by atoms with van der Waals surface area (Å²) in [6.07, 6.45) is 18.6. The first-order chi connectivity index (χ1) is 17.9. The zero-order chi connectivity index (χ0) is 28.1. The van der Waals surface area contributed by atoms with Gasteiger partial charge in [0.1, 0.15) is 12.9 Å². The van der Waals surface area contributed by atoms with E-state index in [1.54, 1.807) is 29.2 Å². The molecule has 0 aromatic carbocycles. The molecule has 204 valence electrons. The number of hydrogen-bond acceptors (Lipinski definition) is 5. The Bertz CT molecular complexity index is 1100. The van der Waals surface area contributed by atoms with E-state index < -0.39 is 11.7 Å². The van der Waals surface area contributed by atoms with Gasteiger partial charge < -0.3 is 15.1 Å². The summed E-state index contributed by atoms with van der Waals surface area (Å²) in [7, 11) is 1.49. The first-order valence-electron chi connectivity index (χ1n) is 12.5. The molecule has 9 heteroatoms. The van der Waals surface area contributed by atoms with Crippen LogP contribution in [0.5, 0.6) is 0 Å². The molecule has 1 aliphatic rings. The maximum Gasteiger partial charge on any atom is 0.174 e. The molecular formula is C28H40ClF2N5O. The van der Waals surface area contributed by atoms with Gasteiger partial charge in [-0.25, -0.2) is 13.8 Å². The molecule has 37 heavy (non-hydrogen) atoms. The van der Waals surface area contributed by atoms with Crippen molar-refractivity contribution >= 4 is 23.0 Å². The lowest BCUT2D eigenvalue weighted by Crippen LogP contribution is -2.18. The average molecular weight is 536 g/mol. The molecule has 1 aromatic rings. The summed E-state index contributed by atoms with van der Waals surface area (Å²) in [6.45, 7) is 10.4. The molecule has 2 rings (SSSR count). The van der Waals surface area contributed by atoms with Crippen LogP contribution in [0.15, 0.2) is 93.5 Å². The number of allylic oxidation sites excluding steroid dienone is 10. The van der Waals surface area contributed by atoms with Crippen LogP contribution in [-0.4, -0.2) is 28.9 Å². The van der Waals surface area contributed by atoms with Gasteiger partial charge in [0.05, 0.1) is 24.3 Å². The van der Waals surface area contributed by atoms with Crippen LogP contribution >= 0.6 is 11.6 Å². The first-order valence-corrected chi connectivity index (χ1v) is 12.8. The lowest BCUT2D eigenvalue weighted by atomic mass is 10.2. The molecule has 0 fully saturated rings. The van der Waals surface area contributed by atoms with E-state index in [0.29, 0.717) is 23.7 Å². The van der Waals surface area contributed by atoms with Crippen molar-refractivity contribution in [3.63, 3.8) is 0 Å². The van der Waals surface area contributed by atoms with Crippen molar-refractivity contribution in [1.29, 1.82) is 0 Å². The Balaban J connectivity index is 0.00000308. The first kappa shape index (κ1) is 33.7. The maximum atomic E-state index is 14.0. The molecule has 1 aromatic heterocycles. The van der Waals surface area contributed by atoms with E-state index >= 15 is 0 Å². The summed E-state index contributed by atoms with van der Waals surface area (Å²) in [5.41, 5.74) is 7.50. The van der Waals surface area contributed by atoms with Crippen LogP contribution < -0.4 is 11.2 Å². The largest absolute Gasteiger partial charge is 0.399 e. The Hall–Kier alpha value is -3.26. The lowest BCUT2D eigenvalue weighted by Gasteiger charge is -2.05. The lowest BCUT2D eigenvalue weighted by molar-refractivity contribution is 0.213. The maximum absolute atomic E-state index is 14.0. The second-order valence-corrected chi connectivity index (χ2v) is 7.42. The third kappa shape index (κ3) is 13.6.